The highest BCUT2D eigenvalue weighted by Gasteiger charge is 2.30. The summed E-state index contributed by atoms with van der Waals surface area (Å²) in [6.45, 7) is 13.5. The quantitative estimate of drug-likeness (QED) is 0.273. The Morgan fingerprint density at radius 3 is 1.72 bits per heavy atom. The van der Waals surface area contributed by atoms with Crippen LogP contribution in [0.3, 0.4) is 0 Å². The van der Waals surface area contributed by atoms with Gasteiger partial charge in [-0.05, 0) is 37.0 Å². The second-order valence-electron chi connectivity index (χ2n) is 8.80. The van der Waals surface area contributed by atoms with Crippen LogP contribution < -0.4 is 0 Å². The molecular formula is C24H47NO4. The van der Waals surface area contributed by atoms with E-state index in [2.05, 4.69) is 27.7 Å². The van der Waals surface area contributed by atoms with Crippen LogP contribution in [0.15, 0.2) is 0 Å². The van der Waals surface area contributed by atoms with Crippen molar-refractivity contribution in [3.63, 3.8) is 0 Å². The van der Waals surface area contributed by atoms with Crippen molar-refractivity contribution in [3.8, 4) is 0 Å². The van der Waals surface area contributed by atoms with Gasteiger partial charge in [0.05, 0.1) is 13.2 Å². The molecular weight excluding hydrogens is 366 g/mol. The Morgan fingerprint density at radius 1 is 0.828 bits per heavy atom. The number of ether oxygens (including phenoxy) is 2. The lowest BCUT2D eigenvalue weighted by Crippen LogP contribution is -2.45. The van der Waals surface area contributed by atoms with Gasteiger partial charge >= 0.3 is 12.1 Å². The Labute approximate surface area is 179 Å². The number of hydrogen-bond donors (Lipinski definition) is 0. The molecule has 0 spiro atoms. The fourth-order valence-corrected chi connectivity index (χ4v) is 3.37. The molecule has 0 aromatic carbocycles. The minimum atomic E-state index is -0.595. The Balaban J connectivity index is 4.82. The van der Waals surface area contributed by atoms with Crippen LogP contribution in [0.5, 0.6) is 0 Å². The summed E-state index contributed by atoms with van der Waals surface area (Å²) in [4.78, 5) is 26.8. The van der Waals surface area contributed by atoms with Crippen LogP contribution in [0.4, 0.5) is 4.79 Å². The number of amides is 1. The van der Waals surface area contributed by atoms with E-state index in [0.29, 0.717) is 31.5 Å². The molecule has 0 aliphatic heterocycles. The summed E-state index contributed by atoms with van der Waals surface area (Å²) in [5, 5.41) is 0. The smallest absolute Gasteiger partial charge is 0.410 e. The third-order valence-electron chi connectivity index (χ3n) is 5.71. The summed E-state index contributed by atoms with van der Waals surface area (Å²) in [6.07, 6.45) is 8.85. The highest BCUT2D eigenvalue weighted by molar-refractivity contribution is 5.81. The lowest BCUT2D eigenvalue weighted by Gasteiger charge is -2.28. The molecule has 5 heteroatoms. The lowest BCUT2D eigenvalue weighted by atomic mass is 10.00. The predicted octanol–water partition coefficient (Wildman–Crippen LogP) is 6.45. The number of likely N-dealkylation sites (N-methyl/N-ethyl adjacent to an activating group) is 1. The van der Waals surface area contributed by atoms with E-state index in [4.69, 9.17) is 9.47 Å². The van der Waals surface area contributed by atoms with E-state index in [1.807, 2.05) is 13.8 Å². The van der Waals surface area contributed by atoms with Crippen molar-refractivity contribution in [2.75, 3.05) is 20.3 Å². The van der Waals surface area contributed by atoms with Crippen molar-refractivity contribution >= 4 is 12.1 Å². The second kappa shape index (κ2) is 16.5. The Hall–Kier alpha value is -1.26. The fourth-order valence-electron chi connectivity index (χ4n) is 3.37. The van der Waals surface area contributed by atoms with Gasteiger partial charge in [0, 0.05) is 7.05 Å². The fraction of sp³-hybridized carbons (Fsp3) is 0.917. The molecule has 0 bridgehead atoms. The molecule has 0 rings (SSSR count). The van der Waals surface area contributed by atoms with Crippen LogP contribution in [0.1, 0.15) is 99.3 Å². The summed E-state index contributed by atoms with van der Waals surface area (Å²) in [5.74, 6) is 0.732. The van der Waals surface area contributed by atoms with Crippen molar-refractivity contribution in [3.05, 3.63) is 0 Å². The standard InChI is InChI=1S/C24H47NO4/c1-8-12-14-20(10-3)17-28-23(26)22(16-19(5)6)25(7)24(27)29-18-21(11-4)15-13-9-2/h19-22H,8-18H2,1-7H3. The van der Waals surface area contributed by atoms with Gasteiger partial charge in [0.15, 0.2) is 0 Å². The minimum Gasteiger partial charge on any atom is -0.464 e. The molecule has 0 fully saturated rings. The normalized spacial score (nSPS) is 14.3. The number of nitrogens with zero attached hydrogens (tertiary/aromatic N) is 1. The zero-order valence-corrected chi connectivity index (χ0v) is 20.2. The SMILES string of the molecule is CCCCC(CC)COC(=O)C(CC(C)C)N(C)C(=O)OCC(CC)CCCC. The molecule has 0 aliphatic carbocycles. The van der Waals surface area contributed by atoms with Crippen molar-refractivity contribution in [2.45, 2.75) is 105 Å². The van der Waals surface area contributed by atoms with E-state index in [9.17, 15) is 9.59 Å². The van der Waals surface area contributed by atoms with E-state index in [1.165, 1.54) is 4.90 Å². The van der Waals surface area contributed by atoms with E-state index in [1.54, 1.807) is 7.05 Å². The summed E-state index contributed by atoms with van der Waals surface area (Å²) in [5.41, 5.74) is 0. The molecule has 0 aromatic rings. The summed E-state index contributed by atoms with van der Waals surface area (Å²) >= 11 is 0. The molecule has 0 aromatic heterocycles. The Morgan fingerprint density at radius 2 is 1.31 bits per heavy atom. The van der Waals surface area contributed by atoms with Gasteiger partial charge in [-0.3, -0.25) is 4.90 Å². The van der Waals surface area contributed by atoms with Crippen molar-refractivity contribution in [1.82, 2.24) is 4.90 Å². The first-order chi connectivity index (χ1) is 13.8. The highest BCUT2D eigenvalue weighted by Crippen LogP contribution is 2.18. The molecule has 0 saturated heterocycles. The van der Waals surface area contributed by atoms with Crippen molar-refractivity contribution in [1.29, 1.82) is 0 Å². The van der Waals surface area contributed by atoms with E-state index < -0.39 is 12.1 Å². The van der Waals surface area contributed by atoms with Crippen LogP contribution in [-0.4, -0.2) is 43.3 Å². The average molecular weight is 414 g/mol. The number of hydrogen-bond acceptors (Lipinski definition) is 4. The summed E-state index contributed by atoms with van der Waals surface area (Å²) in [7, 11) is 1.65. The molecule has 5 nitrogen and oxygen atoms in total. The maximum absolute atomic E-state index is 12.8. The number of carbonyl (C=O) groups is 2. The third-order valence-corrected chi connectivity index (χ3v) is 5.71. The molecule has 1 amide bonds. The van der Waals surface area contributed by atoms with E-state index in [0.717, 1.165) is 51.4 Å². The molecule has 0 heterocycles. The van der Waals surface area contributed by atoms with Gasteiger partial charge < -0.3 is 9.47 Å². The van der Waals surface area contributed by atoms with Gasteiger partial charge in [-0.15, -0.1) is 0 Å². The molecule has 3 atom stereocenters. The zero-order valence-electron chi connectivity index (χ0n) is 20.2. The van der Waals surface area contributed by atoms with Gasteiger partial charge in [0.2, 0.25) is 0 Å². The molecule has 29 heavy (non-hydrogen) atoms. The predicted molar refractivity (Wildman–Crippen MR) is 120 cm³/mol. The van der Waals surface area contributed by atoms with Crippen molar-refractivity contribution < 1.29 is 19.1 Å². The van der Waals surface area contributed by atoms with Crippen LogP contribution in [0, 0.1) is 17.8 Å². The highest BCUT2D eigenvalue weighted by atomic mass is 16.6. The van der Waals surface area contributed by atoms with Crippen LogP contribution in [-0.2, 0) is 14.3 Å². The van der Waals surface area contributed by atoms with Crippen LogP contribution >= 0.6 is 0 Å². The van der Waals surface area contributed by atoms with Crippen molar-refractivity contribution in [2.24, 2.45) is 17.8 Å². The van der Waals surface area contributed by atoms with Gasteiger partial charge in [-0.2, -0.15) is 0 Å². The van der Waals surface area contributed by atoms with Gasteiger partial charge in [0.1, 0.15) is 6.04 Å². The minimum absolute atomic E-state index is 0.276. The number of esters is 1. The van der Waals surface area contributed by atoms with E-state index >= 15 is 0 Å². The Bertz CT molecular complexity index is 439. The van der Waals surface area contributed by atoms with E-state index in [-0.39, 0.29) is 11.9 Å². The molecule has 0 N–H and O–H groups in total. The molecule has 0 radical (unpaired) electrons. The van der Waals surface area contributed by atoms with Crippen LogP contribution in [0.2, 0.25) is 0 Å². The second-order valence-corrected chi connectivity index (χ2v) is 8.80. The Kier molecular flexibility index (Phi) is 15.8. The topological polar surface area (TPSA) is 55.8 Å². The first-order valence-electron chi connectivity index (χ1n) is 11.9. The van der Waals surface area contributed by atoms with Gasteiger partial charge in [-0.1, -0.05) is 80.1 Å². The first kappa shape index (κ1) is 27.7. The van der Waals surface area contributed by atoms with Gasteiger partial charge in [0.25, 0.3) is 0 Å². The number of carbonyl (C=O) groups excluding carboxylic acids is 2. The maximum Gasteiger partial charge on any atom is 0.410 e. The molecule has 0 aliphatic rings. The van der Waals surface area contributed by atoms with Gasteiger partial charge in [-0.25, -0.2) is 9.59 Å². The summed E-state index contributed by atoms with van der Waals surface area (Å²) in [6, 6.07) is -0.595. The lowest BCUT2D eigenvalue weighted by molar-refractivity contribution is -0.151. The first-order valence-corrected chi connectivity index (χ1v) is 11.9. The van der Waals surface area contributed by atoms with Crippen LogP contribution in [0.25, 0.3) is 0 Å². The molecule has 172 valence electrons. The third kappa shape index (κ3) is 12.1. The zero-order chi connectivity index (χ0) is 22.2. The summed E-state index contributed by atoms with van der Waals surface area (Å²) < 4.78 is 11.2. The molecule has 0 saturated carbocycles. The number of rotatable bonds is 16. The number of unbranched alkanes of at least 4 members (excludes halogenated alkanes) is 2. The average Bonchev–Trinajstić information content (AvgIpc) is 2.71. The maximum atomic E-state index is 12.8. The largest absolute Gasteiger partial charge is 0.464 e. The molecule has 3 unspecified atom stereocenters. The monoisotopic (exact) mass is 413 g/mol.